The van der Waals surface area contributed by atoms with Crippen LogP contribution in [0.1, 0.15) is 0 Å². The number of halogens is 1. The lowest BCUT2D eigenvalue weighted by atomic mass is 10.3. The van der Waals surface area contributed by atoms with Gasteiger partial charge in [-0.1, -0.05) is 0 Å². The monoisotopic (exact) mass is 246 g/mol. The minimum atomic E-state index is -0.499. The van der Waals surface area contributed by atoms with Gasteiger partial charge >= 0.3 is 5.69 Å². The molecule has 1 aromatic carbocycles. The molecule has 0 amide bonds. The van der Waals surface area contributed by atoms with Crippen molar-refractivity contribution >= 4 is 11.2 Å². The molecule has 2 heterocycles. The van der Waals surface area contributed by atoms with Crippen LogP contribution < -0.4 is 11.2 Å². The summed E-state index contributed by atoms with van der Waals surface area (Å²) in [4.78, 5) is 32.2. The summed E-state index contributed by atoms with van der Waals surface area (Å²) in [6.07, 6.45) is 1.20. The quantitative estimate of drug-likeness (QED) is 0.657. The molecule has 2 N–H and O–H groups in total. The smallest absolute Gasteiger partial charge is 0.311 e. The molecule has 0 fully saturated rings. The van der Waals surface area contributed by atoms with Crippen molar-refractivity contribution in [3.05, 3.63) is 57.2 Å². The molecule has 6 nitrogen and oxygen atoms in total. The van der Waals surface area contributed by atoms with Gasteiger partial charge in [0.2, 0.25) is 0 Å². The van der Waals surface area contributed by atoms with Crippen LogP contribution in [0.3, 0.4) is 0 Å². The van der Waals surface area contributed by atoms with Crippen molar-refractivity contribution in [1.29, 1.82) is 0 Å². The topological polar surface area (TPSA) is 83.5 Å². The molecule has 0 aliphatic carbocycles. The van der Waals surface area contributed by atoms with Crippen LogP contribution in [0.5, 0.6) is 0 Å². The Balaban J connectivity index is 2.42. The Hall–Kier alpha value is -2.70. The number of benzene rings is 1. The zero-order valence-electron chi connectivity index (χ0n) is 8.98. The molecule has 0 saturated carbocycles. The zero-order valence-corrected chi connectivity index (χ0v) is 8.98. The summed E-state index contributed by atoms with van der Waals surface area (Å²) < 4.78 is 14.0. The number of imidazole rings is 1. The van der Waals surface area contributed by atoms with Crippen LogP contribution in [0.15, 0.2) is 40.2 Å². The second-order valence-corrected chi connectivity index (χ2v) is 3.67. The predicted octanol–water partition coefficient (Wildman–Crippen LogP) is 0.541. The summed E-state index contributed by atoms with van der Waals surface area (Å²) in [6, 6.07) is 5.25. The maximum Gasteiger partial charge on any atom is 0.332 e. The van der Waals surface area contributed by atoms with Crippen molar-refractivity contribution in [1.82, 2.24) is 19.5 Å². The number of hydrogen-bond donors (Lipinski definition) is 2. The van der Waals surface area contributed by atoms with Crippen molar-refractivity contribution in [3.8, 4) is 5.69 Å². The minimum Gasteiger partial charge on any atom is -0.311 e. The van der Waals surface area contributed by atoms with E-state index in [0.29, 0.717) is 5.69 Å². The van der Waals surface area contributed by atoms with Crippen LogP contribution in [0, 0.1) is 5.82 Å². The lowest BCUT2D eigenvalue weighted by Crippen LogP contribution is -2.18. The summed E-state index contributed by atoms with van der Waals surface area (Å²) in [5.74, 6) is -0.418. The van der Waals surface area contributed by atoms with E-state index in [1.54, 1.807) is 0 Å². The molecule has 0 bridgehead atoms. The van der Waals surface area contributed by atoms with Gasteiger partial charge in [0.15, 0.2) is 11.2 Å². The van der Waals surface area contributed by atoms with Gasteiger partial charge in [0.25, 0.3) is 5.56 Å². The average molecular weight is 246 g/mol. The van der Waals surface area contributed by atoms with Gasteiger partial charge in [-0.05, 0) is 24.3 Å². The van der Waals surface area contributed by atoms with E-state index < -0.39 is 17.1 Å². The van der Waals surface area contributed by atoms with Crippen molar-refractivity contribution < 1.29 is 4.39 Å². The molecule has 7 heteroatoms. The van der Waals surface area contributed by atoms with Gasteiger partial charge < -0.3 is 4.98 Å². The molecule has 0 aliphatic heterocycles. The van der Waals surface area contributed by atoms with E-state index in [0.717, 1.165) is 4.57 Å². The standard InChI is InChI=1S/C11H7FN4O2/c12-6-1-3-7(4-2-6)16-8-9(15-11(16)18)13-5-14-10(8)17/h1-5H,(H2,13,14,15,17,18). The molecule has 0 spiro atoms. The summed E-state index contributed by atoms with van der Waals surface area (Å²) in [5.41, 5.74) is -0.253. The van der Waals surface area contributed by atoms with Gasteiger partial charge in [-0.2, -0.15) is 0 Å². The molecule has 2 aromatic heterocycles. The molecule has 0 radical (unpaired) electrons. The first kappa shape index (κ1) is 10.5. The van der Waals surface area contributed by atoms with Gasteiger partial charge in [0.05, 0.1) is 12.0 Å². The Kier molecular flexibility index (Phi) is 2.12. The van der Waals surface area contributed by atoms with E-state index in [-0.39, 0.29) is 11.2 Å². The Morgan fingerprint density at radius 3 is 2.61 bits per heavy atom. The van der Waals surface area contributed by atoms with E-state index in [4.69, 9.17) is 0 Å². The molecular weight excluding hydrogens is 239 g/mol. The largest absolute Gasteiger partial charge is 0.332 e. The number of H-pyrrole nitrogens is 2. The van der Waals surface area contributed by atoms with Crippen molar-refractivity contribution in [3.63, 3.8) is 0 Å². The van der Waals surface area contributed by atoms with E-state index in [1.165, 1.54) is 30.6 Å². The van der Waals surface area contributed by atoms with Crippen molar-refractivity contribution in [2.45, 2.75) is 0 Å². The van der Waals surface area contributed by atoms with Crippen LogP contribution in [0.25, 0.3) is 16.9 Å². The van der Waals surface area contributed by atoms with Crippen LogP contribution >= 0.6 is 0 Å². The second kappa shape index (κ2) is 3.66. The van der Waals surface area contributed by atoms with Gasteiger partial charge in [-0.15, -0.1) is 0 Å². The fraction of sp³-hybridized carbons (Fsp3) is 0. The maximum atomic E-state index is 12.8. The average Bonchev–Trinajstić information content (AvgIpc) is 2.68. The predicted molar refractivity (Wildman–Crippen MR) is 62.3 cm³/mol. The minimum absolute atomic E-state index is 0.106. The fourth-order valence-electron chi connectivity index (χ4n) is 1.79. The molecule has 3 rings (SSSR count). The molecule has 0 unspecified atom stereocenters. The molecule has 3 aromatic rings. The van der Waals surface area contributed by atoms with Crippen molar-refractivity contribution in [2.75, 3.05) is 0 Å². The van der Waals surface area contributed by atoms with Gasteiger partial charge in [-0.3, -0.25) is 14.3 Å². The first-order chi connectivity index (χ1) is 8.66. The van der Waals surface area contributed by atoms with Gasteiger partial charge in [0, 0.05) is 0 Å². The van der Waals surface area contributed by atoms with Gasteiger partial charge in [0.1, 0.15) is 5.82 Å². The Labute approximate surface area is 98.7 Å². The summed E-state index contributed by atoms with van der Waals surface area (Å²) in [5, 5.41) is 0. The normalized spacial score (nSPS) is 10.9. The highest BCUT2D eigenvalue weighted by Crippen LogP contribution is 2.10. The van der Waals surface area contributed by atoms with Crippen LogP contribution in [0.4, 0.5) is 4.39 Å². The van der Waals surface area contributed by atoms with Crippen molar-refractivity contribution in [2.24, 2.45) is 0 Å². The first-order valence-electron chi connectivity index (χ1n) is 5.11. The SMILES string of the molecule is O=c1[nH]cnc2[nH]c(=O)n(-c3ccc(F)cc3)c12. The molecule has 90 valence electrons. The number of nitrogens with one attached hydrogen (secondary N) is 2. The lowest BCUT2D eigenvalue weighted by molar-refractivity contribution is 0.627. The summed E-state index contributed by atoms with van der Waals surface area (Å²) in [7, 11) is 0. The number of fused-ring (bicyclic) bond motifs is 1. The molecule has 0 saturated heterocycles. The fourth-order valence-corrected chi connectivity index (χ4v) is 1.79. The van der Waals surface area contributed by atoms with E-state index in [1.807, 2.05) is 0 Å². The highest BCUT2D eigenvalue weighted by Gasteiger charge is 2.12. The van der Waals surface area contributed by atoms with E-state index >= 15 is 0 Å². The molecular formula is C11H7FN4O2. The number of hydrogen-bond acceptors (Lipinski definition) is 3. The summed E-state index contributed by atoms with van der Waals surface area (Å²) >= 11 is 0. The second-order valence-electron chi connectivity index (χ2n) is 3.67. The van der Waals surface area contributed by atoms with Crippen LogP contribution in [0.2, 0.25) is 0 Å². The van der Waals surface area contributed by atoms with Crippen LogP contribution in [-0.4, -0.2) is 19.5 Å². The van der Waals surface area contributed by atoms with E-state index in [2.05, 4.69) is 15.0 Å². The molecule has 18 heavy (non-hydrogen) atoms. The number of aromatic amines is 2. The number of nitrogens with zero attached hydrogens (tertiary/aromatic N) is 2. The Morgan fingerprint density at radius 1 is 1.17 bits per heavy atom. The third kappa shape index (κ3) is 1.45. The Bertz CT molecular complexity index is 829. The molecule has 0 aliphatic rings. The zero-order chi connectivity index (χ0) is 12.7. The lowest BCUT2D eigenvalue weighted by Gasteiger charge is -2.01. The third-order valence-electron chi connectivity index (χ3n) is 2.57. The maximum absolute atomic E-state index is 12.8. The third-order valence-corrected chi connectivity index (χ3v) is 2.57. The summed E-state index contributed by atoms with van der Waals surface area (Å²) in [6.45, 7) is 0. The first-order valence-corrected chi connectivity index (χ1v) is 5.11. The number of rotatable bonds is 1. The Morgan fingerprint density at radius 2 is 1.89 bits per heavy atom. The highest BCUT2D eigenvalue weighted by molar-refractivity contribution is 5.71. The molecule has 0 atom stereocenters. The number of aromatic nitrogens is 4. The van der Waals surface area contributed by atoms with E-state index in [9.17, 15) is 14.0 Å². The van der Waals surface area contributed by atoms with Crippen LogP contribution in [-0.2, 0) is 0 Å². The van der Waals surface area contributed by atoms with Gasteiger partial charge in [-0.25, -0.2) is 14.2 Å². The highest BCUT2D eigenvalue weighted by atomic mass is 19.1.